The second-order valence-electron chi connectivity index (χ2n) is 5.10. The molecule has 6 nitrogen and oxygen atoms in total. The van der Waals surface area contributed by atoms with E-state index in [1.165, 1.54) is 0 Å². The number of rotatable bonds is 2. The van der Waals surface area contributed by atoms with Gasteiger partial charge in [-0.05, 0) is 46.5 Å². The number of hydrogen-bond acceptors (Lipinski definition) is 4. The Hall–Kier alpha value is -1.76. The molecule has 0 spiro atoms. The number of amides is 2. The molecular formula is C13H12BrN3O3. The van der Waals surface area contributed by atoms with Gasteiger partial charge in [0.2, 0.25) is 6.79 Å². The first kappa shape index (κ1) is 12.0. The molecule has 0 bridgehead atoms. The summed E-state index contributed by atoms with van der Waals surface area (Å²) >= 11 is 3.46. The Kier molecular flexibility index (Phi) is 2.47. The standard InChI is InChI=1S/C13H12BrN3O3/c14-8-3-6(4-9-11(8)20-5-19-9)10-12(15)16-13(18)17(10)7-1-2-7/h3-4,7,10H,1-2,5H2,(H2,15,16,18). The summed E-state index contributed by atoms with van der Waals surface area (Å²) in [6, 6.07) is 3.48. The number of ether oxygens (including phenoxy) is 2. The van der Waals surface area contributed by atoms with E-state index in [1.54, 1.807) is 4.90 Å². The Labute approximate surface area is 123 Å². The fraction of sp³-hybridized carbons (Fsp3) is 0.385. The molecule has 1 aromatic rings. The van der Waals surface area contributed by atoms with E-state index in [1.807, 2.05) is 12.1 Å². The molecule has 3 aliphatic rings. The molecule has 2 amide bonds. The van der Waals surface area contributed by atoms with Gasteiger partial charge >= 0.3 is 6.03 Å². The normalized spacial score (nSPS) is 24.2. The minimum absolute atomic E-state index is 0.205. The molecule has 20 heavy (non-hydrogen) atoms. The Morgan fingerprint density at radius 3 is 2.90 bits per heavy atom. The van der Waals surface area contributed by atoms with Crippen molar-refractivity contribution in [3.05, 3.63) is 22.2 Å². The molecule has 2 aliphatic heterocycles. The number of nitrogens with zero attached hydrogens (tertiary/aromatic N) is 2. The molecule has 4 rings (SSSR count). The van der Waals surface area contributed by atoms with Crippen molar-refractivity contribution in [3.8, 4) is 11.5 Å². The summed E-state index contributed by atoms with van der Waals surface area (Å²) in [6.07, 6.45) is 2.02. The number of urea groups is 1. The summed E-state index contributed by atoms with van der Waals surface area (Å²) in [4.78, 5) is 17.6. The van der Waals surface area contributed by atoms with Gasteiger partial charge in [0.25, 0.3) is 0 Å². The zero-order chi connectivity index (χ0) is 13.9. The molecule has 7 heteroatoms. The number of benzene rings is 1. The Morgan fingerprint density at radius 2 is 2.15 bits per heavy atom. The highest BCUT2D eigenvalue weighted by atomic mass is 79.9. The molecule has 2 heterocycles. The number of aliphatic imine (C=N–C) groups is 1. The smallest absolute Gasteiger partial charge is 0.346 e. The molecule has 104 valence electrons. The van der Waals surface area contributed by atoms with Crippen LogP contribution in [0.4, 0.5) is 4.79 Å². The van der Waals surface area contributed by atoms with Gasteiger partial charge in [0, 0.05) is 6.04 Å². The van der Waals surface area contributed by atoms with E-state index in [0.29, 0.717) is 17.3 Å². The van der Waals surface area contributed by atoms with Crippen LogP contribution in [0.25, 0.3) is 0 Å². The number of halogens is 1. The Bertz CT molecular complexity index is 642. The second kappa shape index (κ2) is 4.12. The lowest BCUT2D eigenvalue weighted by Gasteiger charge is -2.24. The third kappa shape index (κ3) is 1.69. The largest absolute Gasteiger partial charge is 0.454 e. The maximum absolute atomic E-state index is 12.0. The predicted octanol–water partition coefficient (Wildman–Crippen LogP) is 2.17. The van der Waals surface area contributed by atoms with E-state index in [9.17, 15) is 4.79 Å². The van der Waals surface area contributed by atoms with Crippen LogP contribution in [0.3, 0.4) is 0 Å². The summed E-state index contributed by atoms with van der Waals surface area (Å²) < 4.78 is 11.6. The molecule has 0 saturated heterocycles. The van der Waals surface area contributed by atoms with E-state index >= 15 is 0 Å². The molecule has 1 aromatic carbocycles. The van der Waals surface area contributed by atoms with E-state index in [4.69, 9.17) is 15.2 Å². The first-order valence-electron chi connectivity index (χ1n) is 6.40. The average molecular weight is 338 g/mol. The van der Waals surface area contributed by atoms with Gasteiger partial charge in [-0.15, -0.1) is 0 Å². The topological polar surface area (TPSA) is 77.2 Å². The van der Waals surface area contributed by atoms with E-state index in [-0.39, 0.29) is 24.9 Å². The quantitative estimate of drug-likeness (QED) is 0.897. The highest BCUT2D eigenvalue weighted by Gasteiger charge is 2.44. The Balaban J connectivity index is 1.78. The maximum Gasteiger partial charge on any atom is 0.346 e. The van der Waals surface area contributed by atoms with Crippen LogP contribution in [-0.4, -0.2) is 29.6 Å². The van der Waals surface area contributed by atoms with Crippen molar-refractivity contribution in [2.45, 2.75) is 24.9 Å². The maximum atomic E-state index is 12.0. The Morgan fingerprint density at radius 1 is 1.35 bits per heavy atom. The first-order chi connectivity index (χ1) is 9.65. The van der Waals surface area contributed by atoms with Gasteiger partial charge in [0.1, 0.15) is 11.9 Å². The minimum atomic E-state index is -0.305. The van der Waals surface area contributed by atoms with Crippen LogP contribution in [0.2, 0.25) is 0 Å². The highest BCUT2D eigenvalue weighted by molar-refractivity contribution is 9.10. The summed E-state index contributed by atoms with van der Waals surface area (Å²) in [6.45, 7) is 0.205. The molecule has 0 aromatic heterocycles. The summed E-state index contributed by atoms with van der Waals surface area (Å²) in [5, 5.41) is 0. The van der Waals surface area contributed by atoms with Crippen LogP contribution in [0.5, 0.6) is 11.5 Å². The first-order valence-corrected chi connectivity index (χ1v) is 7.20. The van der Waals surface area contributed by atoms with Crippen molar-refractivity contribution >= 4 is 27.8 Å². The number of nitrogens with two attached hydrogens (primary N) is 1. The molecule has 1 unspecified atom stereocenters. The second-order valence-corrected chi connectivity index (χ2v) is 5.95. The highest BCUT2D eigenvalue weighted by Crippen LogP contribution is 2.44. The minimum Gasteiger partial charge on any atom is -0.454 e. The van der Waals surface area contributed by atoms with E-state index < -0.39 is 0 Å². The van der Waals surface area contributed by atoms with Gasteiger partial charge in [0.15, 0.2) is 11.5 Å². The van der Waals surface area contributed by atoms with Crippen LogP contribution in [-0.2, 0) is 0 Å². The van der Waals surface area contributed by atoms with Gasteiger partial charge < -0.3 is 20.1 Å². The van der Waals surface area contributed by atoms with Gasteiger partial charge in [-0.1, -0.05) is 0 Å². The van der Waals surface area contributed by atoms with Crippen molar-refractivity contribution in [2.75, 3.05) is 6.79 Å². The zero-order valence-electron chi connectivity index (χ0n) is 10.5. The van der Waals surface area contributed by atoms with Gasteiger partial charge in [-0.25, -0.2) is 4.79 Å². The lowest BCUT2D eigenvalue weighted by Crippen LogP contribution is -2.35. The number of fused-ring (bicyclic) bond motifs is 1. The van der Waals surface area contributed by atoms with Crippen molar-refractivity contribution in [1.82, 2.24) is 4.90 Å². The van der Waals surface area contributed by atoms with Crippen LogP contribution >= 0.6 is 15.9 Å². The van der Waals surface area contributed by atoms with Crippen molar-refractivity contribution in [1.29, 1.82) is 0 Å². The fourth-order valence-corrected chi connectivity index (χ4v) is 3.25. The van der Waals surface area contributed by atoms with Crippen LogP contribution in [0.1, 0.15) is 24.4 Å². The molecule has 1 atom stereocenters. The summed E-state index contributed by atoms with van der Waals surface area (Å²) in [7, 11) is 0. The van der Waals surface area contributed by atoms with Gasteiger partial charge in [0.05, 0.1) is 4.47 Å². The summed E-state index contributed by atoms with van der Waals surface area (Å²) in [5.74, 6) is 1.69. The number of carbonyl (C=O) groups excluding carboxylic acids is 1. The molecule has 2 N–H and O–H groups in total. The average Bonchev–Trinajstić information content (AvgIpc) is 3.03. The third-order valence-electron chi connectivity index (χ3n) is 3.71. The van der Waals surface area contributed by atoms with Crippen LogP contribution in [0, 0.1) is 0 Å². The number of amidine groups is 1. The predicted molar refractivity (Wildman–Crippen MR) is 74.9 cm³/mol. The van der Waals surface area contributed by atoms with Crippen LogP contribution < -0.4 is 15.2 Å². The molecule has 1 aliphatic carbocycles. The molecule has 1 fully saturated rings. The zero-order valence-corrected chi connectivity index (χ0v) is 12.1. The summed E-state index contributed by atoms with van der Waals surface area (Å²) in [5.41, 5.74) is 6.84. The number of carbonyl (C=O) groups is 1. The lowest BCUT2D eigenvalue weighted by atomic mass is 10.0. The third-order valence-corrected chi connectivity index (χ3v) is 4.30. The molecular weight excluding hydrogens is 326 g/mol. The van der Waals surface area contributed by atoms with Crippen molar-refractivity contribution < 1.29 is 14.3 Å². The van der Waals surface area contributed by atoms with Gasteiger partial charge in [-0.3, -0.25) is 0 Å². The van der Waals surface area contributed by atoms with E-state index in [0.717, 1.165) is 22.9 Å². The molecule has 0 radical (unpaired) electrons. The van der Waals surface area contributed by atoms with E-state index in [2.05, 4.69) is 20.9 Å². The van der Waals surface area contributed by atoms with Crippen LogP contribution in [0.15, 0.2) is 21.6 Å². The fourth-order valence-electron chi connectivity index (χ4n) is 2.68. The molecule has 1 saturated carbocycles. The number of hydrogen-bond donors (Lipinski definition) is 1. The monoisotopic (exact) mass is 337 g/mol. The lowest BCUT2D eigenvalue weighted by molar-refractivity contribution is 0.173. The van der Waals surface area contributed by atoms with Crippen molar-refractivity contribution in [2.24, 2.45) is 10.7 Å². The SMILES string of the molecule is NC1=NC(=O)N(C2CC2)C1c1cc(Br)c2c(c1)OCO2. The van der Waals surface area contributed by atoms with Crippen molar-refractivity contribution in [3.63, 3.8) is 0 Å². The van der Waals surface area contributed by atoms with Gasteiger partial charge in [-0.2, -0.15) is 4.99 Å².